The van der Waals surface area contributed by atoms with Gasteiger partial charge in [0.05, 0.1) is 6.61 Å². The number of ether oxygens (including phenoxy) is 2. The van der Waals surface area contributed by atoms with Gasteiger partial charge in [0.2, 0.25) is 5.91 Å². The van der Waals surface area contributed by atoms with E-state index >= 15 is 0 Å². The van der Waals surface area contributed by atoms with Crippen LogP contribution in [-0.2, 0) is 9.53 Å². The largest absolute Gasteiger partial charge is 0.493 e. The summed E-state index contributed by atoms with van der Waals surface area (Å²) in [6.45, 7) is 7.83. The van der Waals surface area contributed by atoms with Crippen LogP contribution in [0.5, 0.6) is 5.75 Å². The number of methoxy groups -OCH3 is 1. The number of piperidine rings is 2. The summed E-state index contributed by atoms with van der Waals surface area (Å²) >= 11 is 0. The fourth-order valence-electron chi connectivity index (χ4n) is 5.36. The first-order chi connectivity index (χ1) is 18.0. The highest BCUT2D eigenvalue weighted by Crippen LogP contribution is 2.35. The van der Waals surface area contributed by atoms with Crippen molar-refractivity contribution in [2.45, 2.75) is 64.5 Å². The Morgan fingerprint density at radius 3 is 2.73 bits per heavy atom. The van der Waals surface area contributed by atoms with E-state index in [0.717, 1.165) is 68.6 Å². The topological polar surface area (TPSA) is 71.1 Å². The molecule has 2 aromatic carbocycles. The zero-order valence-corrected chi connectivity index (χ0v) is 22.5. The average Bonchev–Trinajstić information content (AvgIpc) is 2.92. The van der Waals surface area contributed by atoms with E-state index in [0.29, 0.717) is 30.9 Å². The smallest absolute Gasteiger partial charge is 0.254 e. The molecule has 0 saturated carbocycles. The van der Waals surface area contributed by atoms with Crippen molar-refractivity contribution >= 4 is 17.5 Å². The SMILES string of the molecule is COCCCOc1cc(C(=O)N(C(C)C)[C@@H]2CCCNC2)ccc1-c1cccc(N2CCCCC2=O)c1. The van der Waals surface area contributed by atoms with Crippen LogP contribution in [0.3, 0.4) is 0 Å². The molecule has 7 nitrogen and oxygen atoms in total. The molecule has 2 aliphatic rings. The van der Waals surface area contributed by atoms with Gasteiger partial charge in [0.25, 0.3) is 5.91 Å². The van der Waals surface area contributed by atoms with Gasteiger partial charge in [0, 0.05) is 68.5 Å². The lowest BCUT2D eigenvalue weighted by Gasteiger charge is -2.37. The number of rotatable bonds is 10. The molecule has 0 unspecified atom stereocenters. The number of carbonyl (C=O) groups excluding carboxylic acids is 2. The summed E-state index contributed by atoms with van der Waals surface area (Å²) in [6.07, 6.45) is 5.40. The molecule has 0 spiro atoms. The minimum Gasteiger partial charge on any atom is -0.493 e. The molecule has 0 aliphatic carbocycles. The van der Waals surface area contributed by atoms with Gasteiger partial charge in [-0.05, 0) is 82.0 Å². The molecule has 2 aromatic rings. The molecular formula is C30H41N3O4. The maximum Gasteiger partial charge on any atom is 0.254 e. The number of nitrogens with zero attached hydrogens (tertiary/aromatic N) is 2. The molecule has 200 valence electrons. The minimum absolute atomic E-state index is 0.0321. The Labute approximate surface area is 221 Å². The van der Waals surface area contributed by atoms with Gasteiger partial charge >= 0.3 is 0 Å². The highest BCUT2D eigenvalue weighted by Gasteiger charge is 2.29. The van der Waals surface area contributed by atoms with E-state index in [1.165, 1.54) is 0 Å². The summed E-state index contributed by atoms with van der Waals surface area (Å²) in [6, 6.07) is 14.1. The second kappa shape index (κ2) is 13.1. The van der Waals surface area contributed by atoms with E-state index in [1.807, 2.05) is 46.2 Å². The molecular weight excluding hydrogens is 466 g/mol. The highest BCUT2D eigenvalue weighted by molar-refractivity contribution is 5.97. The summed E-state index contributed by atoms with van der Waals surface area (Å²) in [4.78, 5) is 30.2. The Morgan fingerprint density at radius 2 is 2.00 bits per heavy atom. The quantitative estimate of drug-likeness (QED) is 0.464. The molecule has 1 N–H and O–H groups in total. The summed E-state index contributed by atoms with van der Waals surface area (Å²) in [5, 5.41) is 3.44. The third-order valence-corrected chi connectivity index (χ3v) is 7.23. The van der Waals surface area contributed by atoms with Crippen LogP contribution < -0.4 is 15.0 Å². The van der Waals surface area contributed by atoms with E-state index in [9.17, 15) is 9.59 Å². The third-order valence-electron chi connectivity index (χ3n) is 7.23. The molecule has 2 heterocycles. The lowest BCUT2D eigenvalue weighted by molar-refractivity contribution is -0.119. The predicted molar refractivity (Wildman–Crippen MR) is 147 cm³/mol. The van der Waals surface area contributed by atoms with Crippen molar-refractivity contribution in [1.29, 1.82) is 0 Å². The third kappa shape index (κ3) is 6.70. The molecule has 2 saturated heterocycles. The number of benzene rings is 2. The number of hydrogen-bond donors (Lipinski definition) is 1. The summed E-state index contributed by atoms with van der Waals surface area (Å²) in [7, 11) is 1.68. The van der Waals surface area contributed by atoms with Crippen molar-refractivity contribution in [3.8, 4) is 16.9 Å². The van der Waals surface area contributed by atoms with Crippen LogP contribution >= 0.6 is 0 Å². The zero-order chi connectivity index (χ0) is 26.2. The fraction of sp³-hybridized carbons (Fsp3) is 0.533. The van der Waals surface area contributed by atoms with Crippen molar-refractivity contribution in [3.05, 3.63) is 48.0 Å². The van der Waals surface area contributed by atoms with Crippen LogP contribution in [-0.4, -0.2) is 68.8 Å². The molecule has 0 radical (unpaired) electrons. The summed E-state index contributed by atoms with van der Waals surface area (Å²) < 4.78 is 11.4. The van der Waals surface area contributed by atoms with Crippen molar-refractivity contribution in [3.63, 3.8) is 0 Å². The zero-order valence-electron chi connectivity index (χ0n) is 22.5. The molecule has 37 heavy (non-hydrogen) atoms. The molecule has 2 amide bonds. The van der Waals surface area contributed by atoms with E-state index in [4.69, 9.17) is 9.47 Å². The molecule has 0 aromatic heterocycles. The maximum atomic E-state index is 13.7. The maximum absolute atomic E-state index is 13.7. The standard InChI is InChI=1S/C30H41N3O4/c1-22(2)33(26-11-7-15-31-21-26)30(35)24-13-14-27(28(20-24)37-18-8-17-36-3)23-9-6-10-25(19-23)32-16-5-4-12-29(32)34/h6,9-10,13-14,19-20,22,26,31H,4-5,7-8,11-12,15-18,21H2,1-3H3/t26-/m1/s1. The van der Waals surface area contributed by atoms with Gasteiger partial charge in [0.1, 0.15) is 5.75 Å². The van der Waals surface area contributed by atoms with Crippen molar-refractivity contribution in [2.24, 2.45) is 0 Å². The number of hydrogen-bond acceptors (Lipinski definition) is 5. The van der Waals surface area contributed by atoms with E-state index < -0.39 is 0 Å². The van der Waals surface area contributed by atoms with Crippen LogP contribution in [0.15, 0.2) is 42.5 Å². The molecule has 2 fully saturated rings. The molecule has 0 bridgehead atoms. The Balaban J connectivity index is 1.65. The lowest BCUT2D eigenvalue weighted by atomic mass is 9.99. The normalized spacial score (nSPS) is 18.2. The molecule has 4 rings (SSSR count). The predicted octanol–water partition coefficient (Wildman–Crippen LogP) is 4.89. The minimum atomic E-state index is 0.0321. The van der Waals surface area contributed by atoms with Crippen LogP contribution in [0.25, 0.3) is 11.1 Å². The van der Waals surface area contributed by atoms with Gasteiger partial charge in [-0.3, -0.25) is 9.59 Å². The van der Waals surface area contributed by atoms with Crippen LogP contribution in [0, 0.1) is 0 Å². The van der Waals surface area contributed by atoms with Crippen LogP contribution in [0.1, 0.15) is 62.7 Å². The van der Waals surface area contributed by atoms with Gasteiger partial charge in [0.15, 0.2) is 0 Å². The fourth-order valence-corrected chi connectivity index (χ4v) is 5.36. The van der Waals surface area contributed by atoms with Gasteiger partial charge in [-0.1, -0.05) is 12.1 Å². The molecule has 2 aliphatic heterocycles. The van der Waals surface area contributed by atoms with Gasteiger partial charge in [-0.2, -0.15) is 0 Å². The second-order valence-electron chi connectivity index (χ2n) is 10.3. The van der Waals surface area contributed by atoms with Crippen LogP contribution in [0.2, 0.25) is 0 Å². The first-order valence-electron chi connectivity index (χ1n) is 13.7. The van der Waals surface area contributed by atoms with Crippen molar-refractivity contribution in [1.82, 2.24) is 10.2 Å². The van der Waals surface area contributed by atoms with Gasteiger partial charge < -0.3 is 24.6 Å². The summed E-state index contributed by atoms with van der Waals surface area (Å²) in [5.74, 6) is 0.880. The Morgan fingerprint density at radius 1 is 1.14 bits per heavy atom. The number of anilines is 1. The van der Waals surface area contributed by atoms with Gasteiger partial charge in [-0.25, -0.2) is 0 Å². The van der Waals surface area contributed by atoms with E-state index in [1.54, 1.807) is 7.11 Å². The van der Waals surface area contributed by atoms with Crippen molar-refractivity contribution in [2.75, 3.05) is 44.9 Å². The molecule has 1 atom stereocenters. The first-order valence-corrected chi connectivity index (χ1v) is 13.7. The second-order valence-corrected chi connectivity index (χ2v) is 10.3. The average molecular weight is 508 g/mol. The monoisotopic (exact) mass is 507 g/mol. The van der Waals surface area contributed by atoms with Gasteiger partial charge in [-0.15, -0.1) is 0 Å². The number of carbonyl (C=O) groups is 2. The Hall–Kier alpha value is -2.90. The van der Waals surface area contributed by atoms with E-state index in [2.05, 4.69) is 25.2 Å². The first kappa shape index (κ1) is 27.1. The lowest BCUT2D eigenvalue weighted by Crippen LogP contribution is -2.51. The summed E-state index contributed by atoms with van der Waals surface area (Å²) in [5.41, 5.74) is 3.42. The highest BCUT2D eigenvalue weighted by atomic mass is 16.5. The number of nitrogens with one attached hydrogen (secondary N) is 1. The van der Waals surface area contributed by atoms with E-state index in [-0.39, 0.29) is 23.9 Å². The Bertz CT molecular complexity index is 1060. The molecule has 7 heteroatoms. The van der Waals surface area contributed by atoms with Crippen LogP contribution in [0.4, 0.5) is 5.69 Å². The Kier molecular flexibility index (Phi) is 9.58. The van der Waals surface area contributed by atoms with Crippen molar-refractivity contribution < 1.29 is 19.1 Å². The number of amides is 2.